The lowest BCUT2D eigenvalue weighted by atomic mass is 9.92. The van der Waals surface area contributed by atoms with Gasteiger partial charge in [0, 0.05) is 19.7 Å². The number of hydrogen-bond donors (Lipinski definition) is 1. The molecule has 0 unspecified atom stereocenters. The quantitative estimate of drug-likeness (QED) is 0.862. The third kappa shape index (κ3) is 3.60. The molecule has 2 saturated heterocycles. The predicted octanol–water partition coefficient (Wildman–Crippen LogP) is 1.94. The summed E-state index contributed by atoms with van der Waals surface area (Å²) in [4.78, 5) is 13.2. The molecule has 2 aliphatic rings. The van der Waals surface area contributed by atoms with Gasteiger partial charge in [-0.1, -0.05) is 0 Å². The minimum Gasteiger partial charge on any atom is -0.428 e. The lowest BCUT2D eigenvalue weighted by molar-refractivity contribution is -0.333. The van der Waals surface area contributed by atoms with E-state index >= 15 is 0 Å². The molecule has 0 bridgehead atoms. The van der Waals surface area contributed by atoms with E-state index in [9.17, 15) is 18.0 Å². The molecule has 0 aliphatic carbocycles. The summed E-state index contributed by atoms with van der Waals surface area (Å²) < 4.78 is 47.9. The van der Waals surface area contributed by atoms with Crippen LogP contribution in [-0.2, 0) is 9.47 Å². The fourth-order valence-electron chi connectivity index (χ4n) is 2.58. The number of piperidine rings is 1. The summed E-state index contributed by atoms with van der Waals surface area (Å²) in [6, 6.07) is 0. The van der Waals surface area contributed by atoms with E-state index in [1.165, 1.54) is 4.90 Å². The number of aliphatic hydroxyl groups excluding tert-OH is 1. The normalized spacial score (nSPS) is 22.8. The van der Waals surface area contributed by atoms with Crippen molar-refractivity contribution in [1.82, 2.24) is 4.90 Å². The number of ether oxygens (including phenoxy) is 2. The number of alkyl halides is 3. The van der Waals surface area contributed by atoms with Gasteiger partial charge in [-0.2, -0.15) is 13.2 Å². The van der Waals surface area contributed by atoms with Crippen molar-refractivity contribution in [2.75, 3.05) is 32.9 Å². The van der Waals surface area contributed by atoms with Crippen molar-refractivity contribution in [3.05, 3.63) is 0 Å². The second kappa shape index (κ2) is 6.39. The van der Waals surface area contributed by atoms with Gasteiger partial charge in [-0.15, -0.1) is 0 Å². The highest BCUT2D eigenvalue weighted by atomic mass is 19.4. The Labute approximate surface area is 121 Å². The van der Waals surface area contributed by atoms with E-state index in [4.69, 9.17) is 9.84 Å². The maximum Gasteiger partial charge on any atom is 0.433 e. The van der Waals surface area contributed by atoms with Crippen molar-refractivity contribution in [2.24, 2.45) is 5.92 Å². The Morgan fingerprint density at radius 1 is 1.33 bits per heavy atom. The Morgan fingerprint density at radius 3 is 2.38 bits per heavy atom. The topological polar surface area (TPSA) is 59.0 Å². The second-order valence-electron chi connectivity index (χ2n) is 5.65. The summed E-state index contributed by atoms with van der Waals surface area (Å²) in [6.07, 6.45) is -2.49. The van der Waals surface area contributed by atoms with Crippen LogP contribution >= 0.6 is 0 Å². The van der Waals surface area contributed by atoms with Crippen LogP contribution in [0.2, 0.25) is 0 Å². The molecule has 1 amide bonds. The zero-order valence-electron chi connectivity index (χ0n) is 11.7. The highest BCUT2D eigenvalue weighted by Gasteiger charge is 2.64. The van der Waals surface area contributed by atoms with Crippen molar-refractivity contribution in [2.45, 2.75) is 37.5 Å². The average molecular weight is 311 g/mol. The standard InChI is InChI=1S/C13H20F3NO4/c14-13(15,16)12(8-20-9-12)21-11(19)17-5-3-10(4-6-17)2-1-7-18/h10,18H,1-9H2. The largest absolute Gasteiger partial charge is 0.433 e. The Hall–Kier alpha value is -1.02. The number of nitrogens with zero attached hydrogens (tertiary/aromatic N) is 1. The minimum atomic E-state index is -4.61. The molecule has 0 radical (unpaired) electrons. The fourth-order valence-corrected chi connectivity index (χ4v) is 2.58. The molecule has 0 aromatic carbocycles. The van der Waals surface area contributed by atoms with E-state index in [2.05, 4.69) is 4.74 Å². The number of rotatable bonds is 4. The monoisotopic (exact) mass is 311 g/mol. The van der Waals surface area contributed by atoms with Crippen LogP contribution in [0.4, 0.5) is 18.0 Å². The maximum absolute atomic E-state index is 12.9. The molecule has 2 fully saturated rings. The van der Waals surface area contributed by atoms with Gasteiger partial charge < -0.3 is 19.5 Å². The number of aliphatic hydroxyl groups is 1. The summed E-state index contributed by atoms with van der Waals surface area (Å²) in [5.41, 5.74) is -2.47. The number of carbonyl (C=O) groups excluding carboxylic acids is 1. The predicted molar refractivity (Wildman–Crippen MR) is 66.7 cm³/mol. The first-order chi connectivity index (χ1) is 9.88. The molecule has 8 heteroatoms. The van der Waals surface area contributed by atoms with Gasteiger partial charge in [-0.05, 0) is 31.6 Å². The van der Waals surface area contributed by atoms with Gasteiger partial charge in [0.25, 0.3) is 5.60 Å². The third-order valence-corrected chi connectivity index (χ3v) is 4.11. The van der Waals surface area contributed by atoms with Crippen molar-refractivity contribution < 1.29 is 32.5 Å². The lowest BCUT2D eigenvalue weighted by Crippen LogP contribution is -2.64. The highest BCUT2D eigenvalue weighted by Crippen LogP contribution is 2.40. The number of halogens is 3. The molecule has 0 aromatic heterocycles. The molecule has 2 aliphatic heterocycles. The van der Waals surface area contributed by atoms with Crippen LogP contribution < -0.4 is 0 Å². The zero-order chi connectivity index (χ0) is 15.5. The highest BCUT2D eigenvalue weighted by molar-refractivity contribution is 5.68. The van der Waals surface area contributed by atoms with E-state index in [1.807, 2.05) is 0 Å². The smallest absolute Gasteiger partial charge is 0.428 e. The summed E-state index contributed by atoms with van der Waals surface area (Å²) in [6.45, 7) is -0.339. The second-order valence-corrected chi connectivity index (χ2v) is 5.65. The lowest BCUT2D eigenvalue weighted by Gasteiger charge is -2.43. The van der Waals surface area contributed by atoms with Gasteiger partial charge in [0.15, 0.2) is 0 Å². The summed E-state index contributed by atoms with van der Waals surface area (Å²) in [5.74, 6) is 0.407. The van der Waals surface area contributed by atoms with Gasteiger partial charge in [0.2, 0.25) is 0 Å². The molecule has 2 heterocycles. The van der Waals surface area contributed by atoms with Gasteiger partial charge in [0.05, 0.1) is 13.2 Å². The molecule has 1 N–H and O–H groups in total. The van der Waals surface area contributed by atoms with Crippen molar-refractivity contribution in [1.29, 1.82) is 0 Å². The van der Waals surface area contributed by atoms with E-state index in [0.29, 0.717) is 25.4 Å². The Morgan fingerprint density at radius 2 is 1.95 bits per heavy atom. The summed E-state index contributed by atoms with van der Waals surface area (Å²) in [5, 5.41) is 8.77. The molecule has 0 atom stereocenters. The van der Waals surface area contributed by atoms with Crippen molar-refractivity contribution in [3.63, 3.8) is 0 Å². The van der Waals surface area contributed by atoms with E-state index in [1.54, 1.807) is 0 Å². The van der Waals surface area contributed by atoms with Crippen LogP contribution in [0.3, 0.4) is 0 Å². The first-order valence-electron chi connectivity index (χ1n) is 7.11. The number of hydrogen-bond acceptors (Lipinski definition) is 4. The van der Waals surface area contributed by atoms with Crippen molar-refractivity contribution in [3.8, 4) is 0 Å². The number of carbonyl (C=O) groups is 1. The molecule has 0 spiro atoms. The van der Waals surface area contributed by atoms with Gasteiger partial charge in [-0.25, -0.2) is 4.79 Å². The third-order valence-electron chi connectivity index (χ3n) is 4.11. The average Bonchev–Trinajstić information content (AvgIpc) is 2.39. The van der Waals surface area contributed by atoms with Crippen LogP contribution in [0.5, 0.6) is 0 Å². The Kier molecular flexibility index (Phi) is 4.98. The van der Waals surface area contributed by atoms with Crippen LogP contribution in [0.1, 0.15) is 25.7 Å². The SMILES string of the molecule is O=C(OC1(C(F)(F)F)COC1)N1CCC(CCCO)CC1. The minimum absolute atomic E-state index is 0.135. The summed E-state index contributed by atoms with van der Waals surface area (Å²) in [7, 11) is 0. The molecular weight excluding hydrogens is 291 g/mol. The molecule has 21 heavy (non-hydrogen) atoms. The van der Waals surface area contributed by atoms with E-state index in [-0.39, 0.29) is 6.61 Å². The van der Waals surface area contributed by atoms with Crippen LogP contribution in [-0.4, -0.2) is 60.8 Å². The summed E-state index contributed by atoms with van der Waals surface area (Å²) >= 11 is 0. The number of likely N-dealkylation sites (tertiary alicyclic amines) is 1. The van der Waals surface area contributed by atoms with Gasteiger partial charge in [0.1, 0.15) is 0 Å². The first kappa shape index (κ1) is 16.4. The Bertz CT molecular complexity index is 363. The molecule has 5 nitrogen and oxygen atoms in total. The van der Waals surface area contributed by atoms with E-state index < -0.39 is 31.1 Å². The molecular formula is C13H20F3NO4. The molecule has 122 valence electrons. The first-order valence-corrected chi connectivity index (χ1v) is 7.11. The maximum atomic E-state index is 12.9. The van der Waals surface area contributed by atoms with Crippen molar-refractivity contribution >= 4 is 6.09 Å². The molecule has 0 saturated carbocycles. The molecule has 2 rings (SSSR count). The van der Waals surface area contributed by atoms with E-state index in [0.717, 1.165) is 19.3 Å². The molecule has 0 aromatic rings. The Balaban J connectivity index is 1.82. The van der Waals surface area contributed by atoms with Crippen LogP contribution in [0.25, 0.3) is 0 Å². The van der Waals surface area contributed by atoms with Crippen LogP contribution in [0.15, 0.2) is 0 Å². The van der Waals surface area contributed by atoms with Gasteiger partial charge >= 0.3 is 12.3 Å². The van der Waals surface area contributed by atoms with Crippen LogP contribution in [0, 0.1) is 5.92 Å². The number of amides is 1. The zero-order valence-corrected chi connectivity index (χ0v) is 11.7. The van der Waals surface area contributed by atoms with Gasteiger partial charge in [-0.3, -0.25) is 0 Å². The fraction of sp³-hybridized carbons (Fsp3) is 0.923.